The first-order valence-corrected chi connectivity index (χ1v) is 11.0. The van der Waals surface area contributed by atoms with Crippen LogP contribution in [0.2, 0.25) is 0 Å². The quantitative estimate of drug-likeness (QED) is 0.336. The fourth-order valence-electron chi connectivity index (χ4n) is 3.34. The number of benzene rings is 3. The van der Waals surface area contributed by atoms with Crippen molar-refractivity contribution in [3.05, 3.63) is 94.5 Å². The molecular weight excluding hydrogens is 468 g/mol. The number of aromatic nitrogens is 1. The predicted octanol–water partition coefficient (Wildman–Crippen LogP) is 6.02. The smallest absolute Gasteiger partial charge is 0.339 e. The zero-order chi connectivity index (χ0) is 22.5. The molecule has 0 fully saturated rings. The van der Waals surface area contributed by atoms with Crippen molar-refractivity contribution in [2.75, 3.05) is 11.9 Å². The van der Waals surface area contributed by atoms with E-state index in [9.17, 15) is 9.59 Å². The number of fused-ring (bicyclic) bond motifs is 1. The number of ether oxygens (including phenoxy) is 1. The lowest BCUT2D eigenvalue weighted by Crippen LogP contribution is -2.21. The number of nitrogens with one attached hydrogen (secondary N) is 1. The Labute approximate surface area is 194 Å². The van der Waals surface area contributed by atoms with E-state index in [0.29, 0.717) is 27.8 Å². The number of carbonyl (C=O) groups is 2. The fraction of sp³-hybridized carbons (Fsp3) is 0.115. The lowest BCUT2D eigenvalue weighted by Gasteiger charge is -2.11. The second-order valence-corrected chi connectivity index (χ2v) is 8.17. The van der Waals surface area contributed by atoms with E-state index in [4.69, 9.17) is 4.74 Å². The van der Waals surface area contributed by atoms with Crippen LogP contribution in [0.3, 0.4) is 0 Å². The highest BCUT2D eigenvalue weighted by Crippen LogP contribution is 2.26. The fourth-order valence-corrected chi connectivity index (χ4v) is 3.61. The molecule has 4 aromatic rings. The van der Waals surface area contributed by atoms with E-state index in [1.165, 1.54) is 5.56 Å². The summed E-state index contributed by atoms with van der Waals surface area (Å²) in [5, 5.41) is 3.42. The Hall–Kier alpha value is -3.51. The lowest BCUT2D eigenvalue weighted by molar-refractivity contribution is -0.119. The largest absolute Gasteiger partial charge is 0.452 e. The summed E-state index contributed by atoms with van der Waals surface area (Å²) in [4.78, 5) is 29.9. The number of aryl methyl sites for hydroxylation is 1. The minimum atomic E-state index is -0.571. The zero-order valence-corrected chi connectivity index (χ0v) is 19.1. The van der Waals surface area contributed by atoms with Gasteiger partial charge in [-0.1, -0.05) is 65.3 Å². The predicted molar refractivity (Wildman–Crippen MR) is 130 cm³/mol. The highest BCUT2D eigenvalue weighted by atomic mass is 79.9. The number of para-hydroxylation sites is 1. The van der Waals surface area contributed by atoms with Crippen molar-refractivity contribution in [1.29, 1.82) is 0 Å². The van der Waals surface area contributed by atoms with E-state index < -0.39 is 11.9 Å². The van der Waals surface area contributed by atoms with Gasteiger partial charge in [-0.05, 0) is 48.4 Å². The Bertz CT molecular complexity index is 1270. The number of halogens is 1. The molecule has 0 aliphatic carbocycles. The van der Waals surface area contributed by atoms with Crippen LogP contribution in [0.25, 0.3) is 22.2 Å². The van der Waals surface area contributed by atoms with Crippen molar-refractivity contribution in [2.24, 2.45) is 0 Å². The molecular formula is C26H21BrN2O3. The van der Waals surface area contributed by atoms with Crippen molar-refractivity contribution >= 4 is 44.4 Å². The Morgan fingerprint density at radius 3 is 2.41 bits per heavy atom. The van der Waals surface area contributed by atoms with Gasteiger partial charge < -0.3 is 10.1 Å². The Kier molecular flexibility index (Phi) is 6.61. The number of rotatable bonds is 6. The van der Waals surface area contributed by atoms with E-state index in [0.717, 1.165) is 16.5 Å². The number of amides is 1. The topological polar surface area (TPSA) is 68.3 Å². The molecule has 0 bridgehead atoms. The summed E-state index contributed by atoms with van der Waals surface area (Å²) in [5.74, 6) is -0.965. The van der Waals surface area contributed by atoms with Gasteiger partial charge in [0.25, 0.3) is 5.91 Å². The molecule has 0 unspecified atom stereocenters. The van der Waals surface area contributed by atoms with Crippen LogP contribution in [0, 0.1) is 0 Å². The van der Waals surface area contributed by atoms with Crippen molar-refractivity contribution in [3.63, 3.8) is 0 Å². The number of hydrogen-bond donors (Lipinski definition) is 1. The maximum Gasteiger partial charge on any atom is 0.339 e. The minimum Gasteiger partial charge on any atom is -0.452 e. The van der Waals surface area contributed by atoms with Gasteiger partial charge in [-0.2, -0.15) is 0 Å². The number of esters is 1. The standard InChI is InChI=1S/C26H21BrN2O3/c1-2-17-7-13-20(14-8-17)28-25(30)16-32-26(31)22-15-24(18-9-11-19(27)12-10-18)29-23-6-4-3-5-21(22)23/h3-15H,2,16H2,1H3,(H,28,30). The molecule has 1 aromatic heterocycles. The van der Waals surface area contributed by atoms with E-state index in [1.54, 1.807) is 6.07 Å². The first-order chi connectivity index (χ1) is 15.5. The zero-order valence-electron chi connectivity index (χ0n) is 17.5. The van der Waals surface area contributed by atoms with Gasteiger partial charge in [0.2, 0.25) is 0 Å². The average molecular weight is 489 g/mol. The molecule has 5 nitrogen and oxygen atoms in total. The summed E-state index contributed by atoms with van der Waals surface area (Å²) in [6, 6.07) is 24.3. The molecule has 0 spiro atoms. The van der Waals surface area contributed by atoms with Gasteiger partial charge in [0, 0.05) is 21.1 Å². The highest BCUT2D eigenvalue weighted by molar-refractivity contribution is 9.10. The van der Waals surface area contributed by atoms with Gasteiger partial charge in [-0.3, -0.25) is 4.79 Å². The molecule has 1 heterocycles. The van der Waals surface area contributed by atoms with E-state index >= 15 is 0 Å². The van der Waals surface area contributed by atoms with Gasteiger partial charge in [0.05, 0.1) is 16.8 Å². The Balaban J connectivity index is 1.53. The van der Waals surface area contributed by atoms with Gasteiger partial charge in [0.15, 0.2) is 6.61 Å². The minimum absolute atomic E-state index is 0.369. The van der Waals surface area contributed by atoms with Gasteiger partial charge >= 0.3 is 5.97 Å². The molecule has 0 radical (unpaired) electrons. The van der Waals surface area contributed by atoms with Crippen molar-refractivity contribution in [2.45, 2.75) is 13.3 Å². The molecule has 160 valence electrons. The van der Waals surface area contributed by atoms with Crippen molar-refractivity contribution in [1.82, 2.24) is 4.98 Å². The summed E-state index contributed by atoms with van der Waals surface area (Å²) in [6.45, 7) is 1.69. The maximum absolute atomic E-state index is 12.9. The van der Waals surface area contributed by atoms with Crippen LogP contribution in [0.4, 0.5) is 5.69 Å². The van der Waals surface area contributed by atoms with Crippen LogP contribution in [0.15, 0.2) is 83.3 Å². The molecule has 0 aliphatic heterocycles. The second-order valence-electron chi connectivity index (χ2n) is 7.25. The normalized spacial score (nSPS) is 10.7. The molecule has 6 heteroatoms. The van der Waals surface area contributed by atoms with Crippen LogP contribution >= 0.6 is 15.9 Å². The third-order valence-corrected chi connectivity index (χ3v) is 5.59. The van der Waals surface area contributed by atoms with Crippen LogP contribution in [-0.4, -0.2) is 23.5 Å². The first-order valence-electron chi connectivity index (χ1n) is 10.2. The molecule has 1 N–H and O–H groups in total. The number of hydrogen-bond acceptors (Lipinski definition) is 4. The van der Waals surface area contributed by atoms with Crippen LogP contribution in [-0.2, 0) is 16.0 Å². The molecule has 3 aromatic carbocycles. The van der Waals surface area contributed by atoms with Crippen LogP contribution < -0.4 is 5.32 Å². The van der Waals surface area contributed by atoms with Crippen LogP contribution in [0.1, 0.15) is 22.8 Å². The molecule has 32 heavy (non-hydrogen) atoms. The summed E-state index contributed by atoms with van der Waals surface area (Å²) in [7, 11) is 0. The van der Waals surface area contributed by atoms with Gasteiger partial charge in [-0.25, -0.2) is 9.78 Å². The lowest BCUT2D eigenvalue weighted by atomic mass is 10.0. The summed E-state index contributed by atoms with van der Waals surface area (Å²) < 4.78 is 6.29. The van der Waals surface area contributed by atoms with E-state index in [-0.39, 0.29) is 6.61 Å². The van der Waals surface area contributed by atoms with Gasteiger partial charge in [-0.15, -0.1) is 0 Å². The van der Waals surface area contributed by atoms with E-state index in [1.807, 2.05) is 72.8 Å². The molecule has 0 atom stereocenters. The Morgan fingerprint density at radius 2 is 1.69 bits per heavy atom. The summed E-state index contributed by atoms with van der Waals surface area (Å²) in [6.07, 6.45) is 0.925. The molecule has 4 rings (SSSR count). The van der Waals surface area contributed by atoms with Crippen LogP contribution in [0.5, 0.6) is 0 Å². The molecule has 0 saturated carbocycles. The highest BCUT2D eigenvalue weighted by Gasteiger charge is 2.16. The van der Waals surface area contributed by atoms with E-state index in [2.05, 4.69) is 33.2 Å². The molecule has 0 saturated heterocycles. The monoisotopic (exact) mass is 488 g/mol. The number of pyridine rings is 1. The summed E-state index contributed by atoms with van der Waals surface area (Å²) in [5.41, 5.74) is 4.43. The number of anilines is 1. The average Bonchev–Trinajstić information content (AvgIpc) is 2.83. The number of carbonyl (C=O) groups excluding carboxylic acids is 2. The second kappa shape index (κ2) is 9.75. The number of nitrogens with zero attached hydrogens (tertiary/aromatic N) is 1. The van der Waals surface area contributed by atoms with Gasteiger partial charge in [0.1, 0.15) is 0 Å². The van der Waals surface area contributed by atoms with Crippen molar-refractivity contribution in [3.8, 4) is 11.3 Å². The van der Waals surface area contributed by atoms with Crippen molar-refractivity contribution < 1.29 is 14.3 Å². The molecule has 0 aliphatic rings. The maximum atomic E-state index is 12.9. The Morgan fingerprint density at radius 1 is 0.969 bits per heavy atom. The molecule has 1 amide bonds. The third kappa shape index (κ3) is 5.03. The first kappa shape index (κ1) is 21.7. The third-order valence-electron chi connectivity index (χ3n) is 5.06. The summed E-state index contributed by atoms with van der Waals surface area (Å²) >= 11 is 3.43. The SMILES string of the molecule is CCc1ccc(NC(=O)COC(=O)c2cc(-c3ccc(Br)cc3)nc3ccccc23)cc1.